The molecule has 2 heterocycles. The molecule has 6 nitrogen and oxygen atoms in total. The van der Waals surface area contributed by atoms with Crippen molar-refractivity contribution in [1.82, 2.24) is 9.80 Å². The van der Waals surface area contributed by atoms with Gasteiger partial charge < -0.3 is 20.2 Å². The Balaban J connectivity index is 1.40. The topological polar surface area (TPSA) is 79.6 Å². The monoisotopic (exact) mass is 368 g/mol. The van der Waals surface area contributed by atoms with Crippen LogP contribution in [0.4, 0.5) is 10.5 Å². The SMILES string of the molecule is CN1CCC(c2cc(NC3CC4(CCN(C(=O)O)C4)C3)ccc2C#N)CC1. The second kappa shape index (κ2) is 7.05. The number of piperidine rings is 1. The first-order chi connectivity index (χ1) is 13.0. The van der Waals surface area contributed by atoms with Gasteiger partial charge in [0, 0.05) is 24.8 Å². The first-order valence-electron chi connectivity index (χ1n) is 9.95. The summed E-state index contributed by atoms with van der Waals surface area (Å²) in [6.07, 6.45) is 4.45. The number of rotatable bonds is 3. The van der Waals surface area contributed by atoms with Gasteiger partial charge in [0.05, 0.1) is 11.6 Å². The molecule has 2 N–H and O–H groups in total. The summed E-state index contributed by atoms with van der Waals surface area (Å²) in [5.41, 5.74) is 3.26. The molecule has 6 heteroatoms. The van der Waals surface area contributed by atoms with E-state index in [1.807, 2.05) is 12.1 Å². The van der Waals surface area contributed by atoms with Crippen molar-refractivity contribution in [2.75, 3.05) is 38.5 Å². The first-order valence-corrected chi connectivity index (χ1v) is 9.95. The number of anilines is 1. The third-order valence-electron chi connectivity index (χ3n) is 6.77. The van der Waals surface area contributed by atoms with E-state index in [9.17, 15) is 10.1 Å². The zero-order chi connectivity index (χ0) is 19.0. The Morgan fingerprint density at radius 3 is 2.67 bits per heavy atom. The number of hydrogen-bond donors (Lipinski definition) is 2. The highest BCUT2D eigenvalue weighted by atomic mass is 16.4. The number of benzene rings is 1. The average molecular weight is 368 g/mol. The van der Waals surface area contributed by atoms with Crippen LogP contribution >= 0.6 is 0 Å². The molecule has 0 unspecified atom stereocenters. The van der Waals surface area contributed by atoms with Gasteiger partial charge in [-0.3, -0.25) is 0 Å². The van der Waals surface area contributed by atoms with E-state index in [-0.39, 0.29) is 5.41 Å². The molecule has 2 saturated heterocycles. The van der Waals surface area contributed by atoms with Crippen LogP contribution in [-0.2, 0) is 0 Å². The van der Waals surface area contributed by atoms with Gasteiger partial charge >= 0.3 is 6.09 Å². The van der Waals surface area contributed by atoms with Crippen LogP contribution in [0.2, 0.25) is 0 Å². The fraction of sp³-hybridized carbons (Fsp3) is 0.619. The minimum atomic E-state index is -0.793. The average Bonchev–Trinajstić information content (AvgIpc) is 3.08. The molecular formula is C21H28N4O2. The number of likely N-dealkylation sites (tertiary alicyclic amines) is 2. The van der Waals surface area contributed by atoms with E-state index in [1.165, 1.54) is 5.56 Å². The smallest absolute Gasteiger partial charge is 0.407 e. The van der Waals surface area contributed by atoms with Gasteiger partial charge in [-0.05, 0) is 87.3 Å². The van der Waals surface area contributed by atoms with E-state index in [4.69, 9.17) is 5.11 Å². The largest absolute Gasteiger partial charge is 0.465 e. The Morgan fingerprint density at radius 2 is 2.04 bits per heavy atom. The second-order valence-corrected chi connectivity index (χ2v) is 8.70. The number of nitrogens with zero attached hydrogens (tertiary/aromatic N) is 3. The minimum absolute atomic E-state index is 0.180. The molecule has 3 fully saturated rings. The number of nitriles is 1. The van der Waals surface area contributed by atoms with Crippen molar-refractivity contribution in [1.29, 1.82) is 5.26 Å². The van der Waals surface area contributed by atoms with Gasteiger partial charge in [0.2, 0.25) is 0 Å². The lowest BCUT2D eigenvalue weighted by atomic mass is 9.65. The molecule has 1 aromatic rings. The number of carbonyl (C=O) groups is 1. The van der Waals surface area contributed by atoms with Gasteiger partial charge in [-0.15, -0.1) is 0 Å². The predicted molar refractivity (Wildman–Crippen MR) is 104 cm³/mol. The van der Waals surface area contributed by atoms with Crippen LogP contribution in [0.3, 0.4) is 0 Å². The maximum atomic E-state index is 11.2. The number of hydrogen-bond acceptors (Lipinski definition) is 4. The van der Waals surface area contributed by atoms with Crippen LogP contribution in [0.5, 0.6) is 0 Å². The minimum Gasteiger partial charge on any atom is -0.465 e. The summed E-state index contributed by atoms with van der Waals surface area (Å²) in [5, 5.41) is 22.3. The lowest BCUT2D eigenvalue weighted by molar-refractivity contribution is 0.111. The van der Waals surface area contributed by atoms with E-state index >= 15 is 0 Å². The Kier molecular flexibility index (Phi) is 4.73. The van der Waals surface area contributed by atoms with Gasteiger partial charge in [-0.2, -0.15) is 5.26 Å². The molecule has 1 spiro atoms. The highest BCUT2D eigenvalue weighted by Gasteiger charge is 2.49. The molecule has 27 heavy (non-hydrogen) atoms. The van der Waals surface area contributed by atoms with Crippen molar-refractivity contribution in [3.05, 3.63) is 29.3 Å². The molecule has 0 aromatic heterocycles. The Morgan fingerprint density at radius 1 is 1.30 bits per heavy atom. The van der Waals surface area contributed by atoms with Crippen molar-refractivity contribution >= 4 is 11.8 Å². The van der Waals surface area contributed by atoms with Crippen molar-refractivity contribution in [2.24, 2.45) is 5.41 Å². The maximum absolute atomic E-state index is 11.2. The summed E-state index contributed by atoms with van der Waals surface area (Å²) < 4.78 is 0. The zero-order valence-corrected chi connectivity index (χ0v) is 15.9. The highest BCUT2D eigenvalue weighted by molar-refractivity contribution is 5.65. The summed E-state index contributed by atoms with van der Waals surface area (Å²) in [6, 6.07) is 8.91. The molecule has 0 atom stereocenters. The fourth-order valence-electron chi connectivity index (χ4n) is 5.17. The molecule has 1 amide bonds. The lowest BCUT2D eigenvalue weighted by Gasteiger charge is -2.45. The summed E-state index contributed by atoms with van der Waals surface area (Å²) in [7, 11) is 2.15. The molecule has 0 radical (unpaired) electrons. The number of carboxylic acid groups (broad SMARTS) is 1. The van der Waals surface area contributed by atoms with Gasteiger partial charge in [-0.25, -0.2) is 4.79 Å². The fourth-order valence-corrected chi connectivity index (χ4v) is 5.17. The van der Waals surface area contributed by atoms with Crippen molar-refractivity contribution in [2.45, 2.75) is 44.1 Å². The van der Waals surface area contributed by atoms with Gasteiger partial charge in [0.25, 0.3) is 0 Å². The maximum Gasteiger partial charge on any atom is 0.407 e. The van der Waals surface area contributed by atoms with E-state index in [2.05, 4.69) is 29.4 Å². The van der Waals surface area contributed by atoms with Crippen LogP contribution in [0.25, 0.3) is 0 Å². The van der Waals surface area contributed by atoms with Crippen LogP contribution in [-0.4, -0.2) is 60.3 Å². The second-order valence-electron chi connectivity index (χ2n) is 8.70. The van der Waals surface area contributed by atoms with Gasteiger partial charge in [0.1, 0.15) is 0 Å². The van der Waals surface area contributed by atoms with Gasteiger partial charge in [-0.1, -0.05) is 0 Å². The van der Waals surface area contributed by atoms with E-state index in [0.717, 1.165) is 56.4 Å². The van der Waals surface area contributed by atoms with Crippen molar-refractivity contribution in [3.63, 3.8) is 0 Å². The Bertz CT molecular complexity index is 758. The molecule has 2 aliphatic heterocycles. The molecule has 1 saturated carbocycles. The summed E-state index contributed by atoms with van der Waals surface area (Å²) in [5.74, 6) is 0.462. The molecule has 1 aliphatic carbocycles. The van der Waals surface area contributed by atoms with Crippen molar-refractivity contribution < 1.29 is 9.90 Å². The predicted octanol–water partition coefficient (Wildman–Crippen LogP) is 3.31. The molecule has 3 aliphatic rings. The normalized spacial score (nSPS) is 28.7. The number of amides is 1. The Hall–Kier alpha value is -2.26. The van der Waals surface area contributed by atoms with E-state index < -0.39 is 6.09 Å². The summed E-state index contributed by atoms with van der Waals surface area (Å²) >= 11 is 0. The summed E-state index contributed by atoms with van der Waals surface area (Å²) in [4.78, 5) is 15.1. The standard InChI is InChI=1S/C21H28N4O2/c1-24-7-4-15(5-8-24)19-10-17(3-2-16(19)13-22)23-18-11-21(12-18)6-9-25(14-21)20(26)27/h2-3,10,15,18,23H,4-9,11-12,14H2,1H3,(H,26,27). The van der Waals surface area contributed by atoms with Crippen LogP contribution in [0, 0.1) is 16.7 Å². The van der Waals surface area contributed by atoms with E-state index in [0.29, 0.717) is 25.0 Å². The first kappa shape index (κ1) is 18.1. The third-order valence-corrected chi connectivity index (χ3v) is 6.77. The summed E-state index contributed by atoms with van der Waals surface area (Å²) in [6.45, 7) is 3.50. The van der Waals surface area contributed by atoms with Crippen LogP contribution in [0.15, 0.2) is 18.2 Å². The quantitative estimate of drug-likeness (QED) is 0.856. The molecule has 1 aromatic carbocycles. The van der Waals surface area contributed by atoms with Crippen molar-refractivity contribution in [3.8, 4) is 6.07 Å². The van der Waals surface area contributed by atoms with Crippen LogP contribution < -0.4 is 5.32 Å². The zero-order valence-electron chi connectivity index (χ0n) is 15.9. The van der Waals surface area contributed by atoms with E-state index in [1.54, 1.807) is 4.90 Å². The third kappa shape index (κ3) is 3.61. The van der Waals surface area contributed by atoms with Gasteiger partial charge in [0.15, 0.2) is 0 Å². The Labute approximate surface area is 160 Å². The molecule has 0 bridgehead atoms. The molecular weight excluding hydrogens is 340 g/mol. The molecule has 144 valence electrons. The van der Waals surface area contributed by atoms with Crippen LogP contribution in [0.1, 0.15) is 49.1 Å². The lowest BCUT2D eigenvalue weighted by Crippen LogP contribution is -2.47. The highest BCUT2D eigenvalue weighted by Crippen LogP contribution is 2.49. The molecule has 4 rings (SSSR count). The number of nitrogens with one attached hydrogen (secondary N) is 1.